The SMILES string of the molecule is CCN(CC)C(=O)Oc1ccc2c(c1)OC(=Cc1cccnc1)C2=O. The van der Waals surface area contributed by atoms with Crippen molar-refractivity contribution in [3.8, 4) is 11.5 Å². The Bertz CT molecular complexity index is 827. The van der Waals surface area contributed by atoms with Crippen LogP contribution in [-0.4, -0.2) is 34.8 Å². The number of carbonyl (C=O) groups excluding carboxylic acids is 2. The van der Waals surface area contributed by atoms with Gasteiger partial charge in [-0.15, -0.1) is 0 Å². The number of nitrogens with zero attached hydrogens (tertiary/aromatic N) is 2. The third kappa shape index (κ3) is 3.52. The van der Waals surface area contributed by atoms with Crippen LogP contribution >= 0.6 is 0 Å². The quantitative estimate of drug-likeness (QED) is 0.798. The van der Waals surface area contributed by atoms with Crippen molar-refractivity contribution in [1.29, 1.82) is 0 Å². The van der Waals surface area contributed by atoms with Crippen LogP contribution in [0.3, 0.4) is 0 Å². The minimum atomic E-state index is -0.430. The highest BCUT2D eigenvalue weighted by molar-refractivity contribution is 6.14. The van der Waals surface area contributed by atoms with Crippen LogP contribution in [0.2, 0.25) is 0 Å². The molecule has 0 atom stereocenters. The highest BCUT2D eigenvalue weighted by Gasteiger charge is 2.28. The van der Waals surface area contributed by atoms with E-state index in [1.165, 1.54) is 0 Å². The van der Waals surface area contributed by atoms with Crippen LogP contribution in [0.15, 0.2) is 48.5 Å². The number of hydrogen-bond acceptors (Lipinski definition) is 5. The van der Waals surface area contributed by atoms with E-state index >= 15 is 0 Å². The maximum Gasteiger partial charge on any atom is 0.415 e. The van der Waals surface area contributed by atoms with E-state index in [4.69, 9.17) is 9.47 Å². The summed E-state index contributed by atoms with van der Waals surface area (Å²) in [6.45, 7) is 4.88. The normalized spacial score (nSPS) is 14.2. The topological polar surface area (TPSA) is 68.7 Å². The molecule has 0 spiro atoms. The van der Waals surface area contributed by atoms with Crippen LogP contribution in [0, 0.1) is 0 Å². The molecule has 6 nitrogen and oxygen atoms in total. The molecule has 3 rings (SSSR count). The fourth-order valence-electron chi connectivity index (χ4n) is 2.49. The second-order valence-electron chi connectivity index (χ2n) is 5.42. The van der Waals surface area contributed by atoms with Crippen LogP contribution in [0.1, 0.15) is 29.8 Å². The van der Waals surface area contributed by atoms with E-state index in [1.54, 1.807) is 47.6 Å². The summed E-state index contributed by atoms with van der Waals surface area (Å²) in [5.41, 5.74) is 1.21. The number of hydrogen-bond donors (Lipinski definition) is 0. The molecular formula is C19H18N2O4. The third-order valence-electron chi connectivity index (χ3n) is 3.85. The average molecular weight is 338 g/mol. The monoisotopic (exact) mass is 338 g/mol. The van der Waals surface area contributed by atoms with Crippen LogP contribution in [-0.2, 0) is 0 Å². The molecule has 0 saturated carbocycles. The minimum Gasteiger partial charge on any atom is -0.452 e. The number of amides is 1. The molecule has 2 aromatic rings. The van der Waals surface area contributed by atoms with Gasteiger partial charge in [-0.3, -0.25) is 9.78 Å². The Balaban J connectivity index is 1.80. The number of pyridine rings is 1. The first-order valence-corrected chi connectivity index (χ1v) is 8.07. The molecule has 2 heterocycles. The molecule has 0 N–H and O–H groups in total. The molecule has 1 amide bonds. The van der Waals surface area contributed by atoms with E-state index in [0.717, 1.165) is 5.56 Å². The Morgan fingerprint density at radius 3 is 2.76 bits per heavy atom. The van der Waals surface area contributed by atoms with E-state index in [1.807, 2.05) is 19.9 Å². The molecule has 0 bridgehead atoms. The fraction of sp³-hybridized carbons (Fsp3) is 0.211. The van der Waals surface area contributed by atoms with Gasteiger partial charge in [-0.1, -0.05) is 6.07 Å². The number of Topliss-reactive ketones (excluding diaryl/α,β-unsaturated/α-hetero) is 1. The van der Waals surface area contributed by atoms with Gasteiger partial charge < -0.3 is 14.4 Å². The maximum atomic E-state index is 12.4. The molecule has 1 aromatic carbocycles. The largest absolute Gasteiger partial charge is 0.452 e. The second kappa shape index (κ2) is 7.17. The lowest BCUT2D eigenvalue weighted by molar-refractivity contribution is 0.101. The van der Waals surface area contributed by atoms with Crippen LogP contribution in [0.5, 0.6) is 11.5 Å². The molecule has 0 radical (unpaired) electrons. The molecule has 1 aliphatic rings. The number of rotatable bonds is 4. The fourth-order valence-corrected chi connectivity index (χ4v) is 2.49. The summed E-state index contributed by atoms with van der Waals surface area (Å²) >= 11 is 0. The molecule has 25 heavy (non-hydrogen) atoms. The summed E-state index contributed by atoms with van der Waals surface area (Å²) in [5.74, 6) is 0.728. The van der Waals surface area contributed by atoms with Crippen molar-refractivity contribution in [3.05, 3.63) is 59.6 Å². The van der Waals surface area contributed by atoms with Crippen molar-refractivity contribution >= 4 is 18.0 Å². The smallest absolute Gasteiger partial charge is 0.415 e. The van der Waals surface area contributed by atoms with Crippen molar-refractivity contribution in [1.82, 2.24) is 9.88 Å². The first-order chi connectivity index (χ1) is 12.1. The van der Waals surface area contributed by atoms with Crippen LogP contribution in [0.4, 0.5) is 4.79 Å². The number of allylic oxidation sites excluding steroid dienone is 1. The first-order valence-electron chi connectivity index (χ1n) is 8.07. The summed E-state index contributed by atoms with van der Waals surface area (Å²) < 4.78 is 11.0. The van der Waals surface area contributed by atoms with Gasteiger partial charge in [0.05, 0.1) is 5.56 Å². The Labute approximate surface area is 145 Å². The molecular weight excluding hydrogens is 320 g/mol. The average Bonchev–Trinajstić information content (AvgIpc) is 2.92. The van der Waals surface area contributed by atoms with Crippen molar-refractivity contribution in [2.45, 2.75) is 13.8 Å². The van der Waals surface area contributed by atoms with Crippen molar-refractivity contribution < 1.29 is 19.1 Å². The van der Waals surface area contributed by atoms with E-state index in [2.05, 4.69) is 4.98 Å². The molecule has 0 saturated heterocycles. The summed E-state index contributed by atoms with van der Waals surface area (Å²) in [6.07, 6.45) is 4.51. The Hall–Kier alpha value is -3.15. The Morgan fingerprint density at radius 1 is 1.28 bits per heavy atom. The zero-order chi connectivity index (χ0) is 17.8. The van der Waals surface area contributed by atoms with Gasteiger partial charge >= 0.3 is 6.09 Å². The zero-order valence-electron chi connectivity index (χ0n) is 14.1. The van der Waals surface area contributed by atoms with Crippen LogP contribution in [0.25, 0.3) is 6.08 Å². The number of benzene rings is 1. The second-order valence-corrected chi connectivity index (χ2v) is 5.42. The molecule has 0 aliphatic carbocycles. The molecule has 6 heteroatoms. The highest BCUT2D eigenvalue weighted by Crippen LogP contribution is 2.35. The molecule has 0 unspecified atom stereocenters. The van der Waals surface area contributed by atoms with Crippen molar-refractivity contribution in [2.75, 3.05) is 13.1 Å². The highest BCUT2D eigenvalue weighted by atomic mass is 16.6. The van der Waals surface area contributed by atoms with E-state index in [0.29, 0.717) is 30.2 Å². The zero-order valence-corrected chi connectivity index (χ0v) is 14.1. The van der Waals surface area contributed by atoms with E-state index < -0.39 is 6.09 Å². The Kier molecular flexibility index (Phi) is 4.79. The van der Waals surface area contributed by atoms with Gasteiger partial charge in [0.15, 0.2) is 5.76 Å². The maximum absolute atomic E-state index is 12.4. The van der Waals surface area contributed by atoms with Gasteiger partial charge in [0.2, 0.25) is 5.78 Å². The van der Waals surface area contributed by atoms with Gasteiger partial charge in [0, 0.05) is 31.5 Å². The van der Waals surface area contributed by atoms with Gasteiger partial charge in [-0.2, -0.15) is 0 Å². The van der Waals surface area contributed by atoms with Crippen molar-refractivity contribution in [2.24, 2.45) is 0 Å². The lowest BCUT2D eigenvalue weighted by Gasteiger charge is -2.17. The van der Waals surface area contributed by atoms with Gasteiger partial charge in [-0.25, -0.2) is 4.79 Å². The molecule has 1 aliphatic heterocycles. The van der Waals surface area contributed by atoms with Gasteiger partial charge in [0.1, 0.15) is 11.5 Å². The predicted octanol–water partition coefficient (Wildman–Crippen LogP) is 3.54. The third-order valence-corrected chi connectivity index (χ3v) is 3.85. The number of ketones is 1. The van der Waals surface area contributed by atoms with Gasteiger partial charge in [-0.05, 0) is 43.7 Å². The summed E-state index contributed by atoms with van der Waals surface area (Å²) in [7, 11) is 0. The number of fused-ring (bicyclic) bond motifs is 1. The van der Waals surface area contributed by atoms with E-state index in [9.17, 15) is 9.59 Å². The first kappa shape index (κ1) is 16.7. The number of ether oxygens (including phenoxy) is 2. The molecule has 0 fully saturated rings. The summed E-state index contributed by atoms with van der Waals surface area (Å²) in [5, 5.41) is 0. The Morgan fingerprint density at radius 2 is 2.08 bits per heavy atom. The number of carbonyl (C=O) groups is 2. The lowest BCUT2D eigenvalue weighted by atomic mass is 10.1. The standard InChI is InChI=1S/C19H18N2O4/c1-3-21(4-2)19(23)24-14-7-8-15-16(11-14)25-17(18(15)22)10-13-6-5-9-20-12-13/h5-12H,3-4H2,1-2H3. The molecule has 1 aromatic heterocycles. The van der Waals surface area contributed by atoms with E-state index in [-0.39, 0.29) is 11.5 Å². The predicted molar refractivity (Wildman–Crippen MR) is 92.6 cm³/mol. The van der Waals surface area contributed by atoms with Crippen LogP contribution < -0.4 is 9.47 Å². The molecule has 128 valence electrons. The minimum absolute atomic E-state index is 0.208. The number of aromatic nitrogens is 1. The lowest BCUT2D eigenvalue weighted by Crippen LogP contribution is -2.33. The summed E-state index contributed by atoms with van der Waals surface area (Å²) in [6, 6.07) is 8.36. The van der Waals surface area contributed by atoms with Crippen molar-refractivity contribution in [3.63, 3.8) is 0 Å². The van der Waals surface area contributed by atoms with Gasteiger partial charge in [0.25, 0.3) is 0 Å². The summed E-state index contributed by atoms with van der Waals surface area (Å²) in [4.78, 5) is 30.0.